The molecule has 1 aliphatic rings. The van der Waals surface area contributed by atoms with Gasteiger partial charge in [0.25, 0.3) is 0 Å². The summed E-state index contributed by atoms with van der Waals surface area (Å²) in [4.78, 5) is 17.1. The largest absolute Gasteiger partial charge is 0.496 e. The molecule has 0 radical (unpaired) electrons. The number of piperazine rings is 1. The van der Waals surface area contributed by atoms with E-state index in [0.717, 1.165) is 17.3 Å². The normalized spacial score (nSPS) is 16.3. The Labute approximate surface area is 216 Å². The van der Waals surface area contributed by atoms with E-state index in [0.29, 0.717) is 48.9 Å². The molecule has 1 aliphatic heterocycles. The van der Waals surface area contributed by atoms with Crippen LogP contribution >= 0.6 is 11.6 Å². The van der Waals surface area contributed by atoms with Gasteiger partial charge in [-0.05, 0) is 60.8 Å². The third-order valence-electron chi connectivity index (χ3n) is 6.80. The Hall–Kier alpha value is -2.45. The van der Waals surface area contributed by atoms with E-state index in [-0.39, 0.29) is 23.8 Å². The standard InChI is InChI=1S/C27H35ClF3N3O2/c1-17(2)25(32-4)22-15-20(27(29,30)31)7-9-23(22)33-10-12-34(13-11-33)26(35)18(3)14-19-6-8-21(28)16-24(19)36-5/h6-9,15-18,25,32H,10-14H2,1-5H3/t18?,25-/m0/s1. The molecule has 36 heavy (non-hydrogen) atoms. The summed E-state index contributed by atoms with van der Waals surface area (Å²) in [6.07, 6.45) is -3.88. The molecule has 1 amide bonds. The molecule has 1 saturated heterocycles. The van der Waals surface area contributed by atoms with Gasteiger partial charge in [0.05, 0.1) is 12.7 Å². The third-order valence-corrected chi connectivity index (χ3v) is 7.03. The number of hydrogen-bond donors (Lipinski definition) is 1. The fraction of sp³-hybridized carbons (Fsp3) is 0.519. The number of halogens is 4. The fourth-order valence-corrected chi connectivity index (χ4v) is 5.06. The first-order valence-corrected chi connectivity index (χ1v) is 12.6. The fourth-order valence-electron chi connectivity index (χ4n) is 4.90. The third kappa shape index (κ3) is 6.45. The van der Waals surface area contributed by atoms with Gasteiger partial charge in [0, 0.05) is 48.8 Å². The smallest absolute Gasteiger partial charge is 0.416 e. The summed E-state index contributed by atoms with van der Waals surface area (Å²) >= 11 is 6.05. The van der Waals surface area contributed by atoms with Crippen LogP contribution in [0.4, 0.5) is 18.9 Å². The molecule has 0 aromatic heterocycles. The maximum absolute atomic E-state index is 13.5. The predicted octanol–water partition coefficient (Wildman–Crippen LogP) is 5.81. The predicted molar refractivity (Wildman–Crippen MR) is 138 cm³/mol. The summed E-state index contributed by atoms with van der Waals surface area (Å²) in [5.41, 5.74) is 1.68. The molecule has 2 atom stereocenters. The van der Waals surface area contributed by atoms with Crippen LogP contribution in [0.3, 0.4) is 0 Å². The summed E-state index contributed by atoms with van der Waals surface area (Å²) in [6, 6.07) is 9.15. The molecule has 0 saturated carbocycles. The van der Waals surface area contributed by atoms with Gasteiger partial charge in [0.1, 0.15) is 5.75 Å². The Morgan fingerprint density at radius 2 is 1.75 bits per heavy atom. The van der Waals surface area contributed by atoms with Crippen LogP contribution in [-0.2, 0) is 17.4 Å². The van der Waals surface area contributed by atoms with E-state index in [1.807, 2.05) is 31.7 Å². The highest BCUT2D eigenvalue weighted by Crippen LogP contribution is 2.37. The number of carbonyl (C=O) groups is 1. The van der Waals surface area contributed by atoms with E-state index in [1.54, 1.807) is 32.4 Å². The van der Waals surface area contributed by atoms with E-state index >= 15 is 0 Å². The quantitative estimate of drug-likeness (QED) is 0.472. The van der Waals surface area contributed by atoms with Crippen molar-refractivity contribution in [2.45, 2.75) is 39.4 Å². The van der Waals surface area contributed by atoms with Crippen molar-refractivity contribution in [2.24, 2.45) is 11.8 Å². The van der Waals surface area contributed by atoms with E-state index in [9.17, 15) is 18.0 Å². The van der Waals surface area contributed by atoms with Crippen molar-refractivity contribution in [2.75, 3.05) is 45.2 Å². The van der Waals surface area contributed by atoms with Gasteiger partial charge < -0.3 is 19.9 Å². The number of anilines is 1. The maximum atomic E-state index is 13.5. The van der Waals surface area contributed by atoms with Crippen LogP contribution in [0.15, 0.2) is 36.4 Å². The SMILES string of the molecule is CN[C@H](c1cc(C(F)(F)F)ccc1N1CCN(C(=O)C(C)Cc2ccc(Cl)cc2OC)CC1)C(C)C. The highest BCUT2D eigenvalue weighted by molar-refractivity contribution is 6.30. The Morgan fingerprint density at radius 1 is 1.08 bits per heavy atom. The molecular weight excluding hydrogens is 491 g/mol. The minimum Gasteiger partial charge on any atom is -0.496 e. The molecule has 1 N–H and O–H groups in total. The molecule has 2 aromatic carbocycles. The molecule has 198 valence electrons. The van der Waals surface area contributed by atoms with Crippen LogP contribution in [0.2, 0.25) is 5.02 Å². The van der Waals surface area contributed by atoms with Crippen molar-refractivity contribution in [1.82, 2.24) is 10.2 Å². The van der Waals surface area contributed by atoms with Crippen LogP contribution in [0.5, 0.6) is 5.75 Å². The van der Waals surface area contributed by atoms with Crippen molar-refractivity contribution in [3.63, 3.8) is 0 Å². The van der Waals surface area contributed by atoms with Gasteiger partial charge in [-0.3, -0.25) is 4.79 Å². The number of hydrogen-bond acceptors (Lipinski definition) is 4. The Morgan fingerprint density at radius 3 is 2.31 bits per heavy atom. The van der Waals surface area contributed by atoms with E-state index in [1.165, 1.54) is 6.07 Å². The van der Waals surface area contributed by atoms with Crippen molar-refractivity contribution in [3.8, 4) is 5.75 Å². The van der Waals surface area contributed by atoms with Gasteiger partial charge in [0.2, 0.25) is 5.91 Å². The monoisotopic (exact) mass is 525 g/mol. The molecule has 0 bridgehead atoms. The summed E-state index contributed by atoms with van der Waals surface area (Å²) < 4.78 is 45.8. The first kappa shape index (κ1) is 28.1. The number of alkyl halides is 3. The molecule has 9 heteroatoms. The highest BCUT2D eigenvalue weighted by Gasteiger charge is 2.34. The highest BCUT2D eigenvalue weighted by atomic mass is 35.5. The zero-order chi connectivity index (χ0) is 26.6. The van der Waals surface area contributed by atoms with Crippen LogP contribution < -0.4 is 15.0 Å². The van der Waals surface area contributed by atoms with Crippen molar-refractivity contribution in [1.29, 1.82) is 0 Å². The molecule has 5 nitrogen and oxygen atoms in total. The maximum Gasteiger partial charge on any atom is 0.416 e. The van der Waals surface area contributed by atoms with Crippen LogP contribution in [0.1, 0.15) is 43.5 Å². The molecule has 1 fully saturated rings. The van der Waals surface area contributed by atoms with Crippen LogP contribution in [0, 0.1) is 11.8 Å². The second-order valence-corrected chi connectivity index (χ2v) is 10.1. The minimum atomic E-state index is -4.41. The summed E-state index contributed by atoms with van der Waals surface area (Å²) in [5, 5.41) is 3.75. The van der Waals surface area contributed by atoms with Gasteiger partial charge >= 0.3 is 6.18 Å². The lowest BCUT2D eigenvalue weighted by atomic mass is 9.92. The number of benzene rings is 2. The van der Waals surface area contributed by atoms with Gasteiger partial charge in [-0.1, -0.05) is 38.4 Å². The Balaban J connectivity index is 1.73. The Bertz CT molecular complexity index is 1050. The van der Waals surface area contributed by atoms with Gasteiger partial charge in [-0.2, -0.15) is 13.2 Å². The molecule has 1 heterocycles. The zero-order valence-corrected chi connectivity index (χ0v) is 22.2. The number of rotatable bonds is 8. The Kier molecular flexibility index (Phi) is 9.17. The number of methoxy groups -OCH3 is 1. The number of nitrogens with zero attached hydrogens (tertiary/aromatic N) is 2. The first-order chi connectivity index (χ1) is 17.0. The van der Waals surface area contributed by atoms with Crippen LogP contribution in [-0.4, -0.2) is 51.1 Å². The summed E-state index contributed by atoms with van der Waals surface area (Å²) in [7, 11) is 3.34. The topological polar surface area (TPSA) is 44.8 Å². The average Bonchev–Trinajstić information content (AvgIpc) is 2.84. The molecule has 0 aliphatic carbocycles. The number of carbonyl (C=O) groups excluding carboxylic acids is 1. The van der Waals surface area contributed by atoms with E-state index < -0.39 is 11.7 Å². The number of nitrogens with one attached hydrogen (secondary N) is 1. The van der Waals surface area contributed by atoms with Gasteiger partial charge in [-0.15, -0.1) is 0 Å². The zero-order valence-electron chi connectivity index (χ0n) is 21.5. The van der Waals surface area contributed by atoms with Crippen molar-refractivity contribution >= 4 is 23.2 Å². The van der Waals surface area contributed by atoms with Crippen molar-refractivity contribution in [3.05, 3.63) is 58.1 Å². The second kappa shape index (κ2) is 11.7. The molecule has 0 spiro atoms. The average molecular weight is 526 g/mol. The lowest BCUT2D eigenvalue weighted by molar-refractivity contribution is -0.137. The molecule has 2 aromatic rings. The van der Waals surface area contributed by atoms with Gasteiger partial charge in [-0.25, -0.2) is 0 Å². The lowest BCUT2D eigenvalue weighted by Gasteiger charge is -2.39. The van der Waals surface area contributed by atoms with Gasteiger partial charge in [0.15, 0.2) is 0 Å². The van der Waals surface area contributed by atoms with E-state index in [2.05, 4.69) is 10.2 Å². The molecule has 3 rings (SSSR count). The van der Waals surface area contributed by atoms with Crippen LogP contribution in [0.25, 0.3) is 0 Å². The first-order valence-electron chi connectivity index (χ1n) is 12.2. The van der Waals surface area contributed by atoms with E-state index in [4.69, 9.17) is 16.3 Å². The number of ether oxygens (including phenoxy) is 1. The number of amides is 1. The summed E-state index contributed by atoms with van der Waals surface area (Å²) in [5.74, 6) is 0.564. The minimum absolute atomic E-state index is 0.0505. The van der Waals surface area contributed by atoms with Crippen molar-refractivity contribution < 1.29 is 22.7 Å². The molecule has 1 unspecified atom stereocenters. The lowest BCUT2D eigenvalue weighted by Crippen LogP contribution is -2.50. The second-order valence-electron chi connectivity index (χ2n) is 9.66. The summed E-state index contributed by atoms with van der Waals surface area (Å²) in [6.45, 7) is 7.99. The molecular formula is C27H35ClF3N3O2.